The minimum absolute atomic E-state index is 0.0611. The summed E-state index contributed by atoms with van der Waals surface area (Å²) in [6.45, 7) is 1.94. The highest BCUT2D eigenvalue weighted by Gasteiger charge is 2.55. The first-order chi connectivity index (χ1) is 17.6. The van der Waals surface area contributed by atoms with Crippen LogP contribution >= 0.6 is 0 Å². The van der Waals surface area contributed by atoms with E-state index in [1.807, 2.05) is 60.7 Å². The van der Waals surface area contributed by atoms with Crippen LogP contribution in [-0.4, -0.2) is 24.3 Å². The van der Waals surface area contributed by atoms with Crippen LogP contribution in [0.25, 0.3) is 6.08 Å². The van der Waals surface area contributed by atoms with Crippen LogP contribution in [0.4, 0.5) is 0 Å². The zero-order chi connectivity index (χ0) is 24.6. The summed E-state index contributed by atoms with van der Waals surface area (Å²) in [5.41, 5.74) is 2.68. The Balaban J connectivity index is 1.38. The lowest BCUT2D eigenvalue weighted by Gasteiger charge is -2.23. The zero-order valence-electron chi connectivity index (χ0n) is 19.6. The smallest absolute Gasteiger partial charge is 0.349 e. The molecule has 36 heavy (non-hydrogen) atoms. The number of fused-ring (bicyclic) bond motifs is 2. The summed E-state index contributed by atoms with van der Waals surface area (Å²) in [5.74, 6) is 1.17. The van der Waals surface area contributed by atoms with Crippen molar-refractivity contribution in [3.8, 4) is 17.2 Å². The topological polar surface area (TPSA) is 73.1 Å². The Kier molecular flexibility index (Phi) is 5.49. The number of allylic oxidation sites excluding steroid dienone is 2. The molecule has 3 aromatic rings. The summed E-state index contributed by atoms with van der Waals surface area (Å²) in [5, 5.41) is 0. The van der Waals surface area contributed by atoms with Crippen LogP contribution in [0.5, 0.6) is 17.2 Å². The lowest BCUT2D eigenvalue weighted by molar-refractivity contribution is -0.404. The van der Waals surface area contributed by atoms with Crippen LogP contribution in [0.15, 0.2) is 95.8 Å². The van der Waals surface area contributed by atoms with Gasteiger partial charge < -0.3 is 14.2 Å². The predicted octanol–water partition coefficient (Wildman–Crippen LogP) is 5.17. The average Bonchev–Trinajstić information content (AvgIpc) is 3.48. The first-order valence-electron chi connectivity index (χ1n) is 11.8. The van der Waals surface area contributed by atoms with Gasteiger partial charge in [0.15, 0.2) is 17.3 Å². The third-order valence-corrected chi connectivity index (χ3v) is 6.69. The summed E-state index contributed by atoms with van der Waals surface area (Å²) < 4.78 is 22.7. The summed E-state index contributed by atoms with van der Waals surface area (Å²) in [7, 11) is 0. The molecule has 0 N–H and O–H groups in total. The van der Waals surface area contributed by atoms with Crippen LogP contribution in [-0.2, 0) is 14.0 Å². The highest BCUT2D eigenvalue weighted by molar-refractivity contribution is 6.22. The molecule has 2 unspecified atom stereocenters. The van der Waals surface area contributed by atoms with Gasteiger partial charge in [-0.15, -0.1) is 0 Å². The van der Waals surface area contributed by atoms with Gasteiger partial charge in [-0.1, -0.05) is 54.6 Å². The maximum absolute atomic E-state index is 13.8. The molecule has 0 bridgehead atoms. The van der Waals surface area contributed by atoms with Crippen molar-refractivity contribution in [2.24, 2.45) is 5.92 Å². The van der Waals surface area contributed by atoms with Crippen molar-refractivity contribution in [3.63, 3.8) is 0 Å². The average molecular weight is 480 g/mol. The number of hydrogen-bond acceptors (Lipinski definition) is 5. The van der Waals surface area contributed by atoms with Crippen LogP contribution in [0.3, 0.4) is 0 Å². The number of carbonyl (C=O) groups is 2. The number of carbonyl (C=O) groups excluding carboxylic acids is 3. The molecule has 178 valence electrons. The SMILES string of the molecule is CC1=C(C(=O)Oc2ccccc2)C(c2ccccc2)C2C(=O)/C(=C\c3ccc4c(c3)OCO4)CC2=[O+]1. The lowest BCUT2D eigenvalue weighted by atomic mass is 9.77. The van der Waals surface area contributed by atoms with Crippen molar-refractivity contribution in [2.75, 3.05) is 6.79 Å². The molecule has 6 nitrogen and oxygen atoms in total. The molecule has 0 amide bonds. The third kappa shape index (κ3) is 3.90. The van der Waals surface area contributed by atoms with Gasteiger partial charge >= 0.3 is 17.5 Å². The van der Waals surface area contributed by atoms with Crippen molar-refractivity contribution in [2.45, 2.75) is 19.3 Å². The van der Waals surface area contributed by atoms with Gasteiger partial charge in [0, 0.05) is 11.5 Å². The van der Waals surface area contributed by atoms with Gasteiger partial charge in [0.2, 0.25) is 6.79 Å². The molecule has 2 aliphatic heterocycles. The van der Waals surface area contributed by atoms with Gasteiger partial charge in [0.05, 0.1) is 13.3 Å². The van der Waals surface area contributed by atoms with Gasteiger partial charge in [0.25, 0.3) is 0 Å². The molecule has 2 atom stereocenters. The number of ketones is 2. The van der Waals surface area contributed by atoms with Crippen molar-refractivity contribution in [3.05, 3.63) is 107 Å². The maximum atomic E-state index is 13.8. The number of Topliss-reactive ketones (excluding diaryl/α,β-unsaturated/α-hetero) is 1. The van der Waals surface area contributed by atoms with E-state index in [0.717, 1.165) is 11.1 Å². The van der Waals surface area contributed by atoms with Gasteiger partial charge in [-0.3, -0.25) is 4.79 Å². The molecule has 0 saturated heterocycles. The number of rotatable bonds is 4. The molecule has 3 aromatic carbocycles. The number of ether oxygens (including phenoxy) is 3. The molecule has 6 heteroatoms. The summed E-state index contributed by atoms with van der Waals surface area (Å²) in [4.78, 5) is 27.2. The van der Waals surface area contributed by atoms with Gasteiger partial charge in [-0.05, 0) is 41.5 Å². The summed E-state index contributed by atoms with van der Waals surface area (Å²) in [6, 6.07) is 24.1. The highest BCUT2D eigenvalue weighted by atomic mass is 16.7. The van der Waals surface area contributed by atoms with Gasteiger partial charge in [-0.25, -0.2) is 9.22 Å². The van der Waals surface area contributed by atoms with Crippen LogP contribution in [0.2, 0.25) is 0 Å². The Morgan fingerprint density at radius 1 is 0.944 bits per heavy atom. The van der Waals surface area contributed by atoms with E-state index in [-0.39, 0.29) is 12.6 Å². The molecule has 0 radical (unpaired) electrons. The zero-order valence-corrected chi connectivity index (χ0v) is 19.6. The van der Waals surface area contributed by atoms with E-state index in [9.17, 15) is 9.59 Å². The minimum Gasteiger partial charge on any atom is -0.454 e. The Bertz CT molecular complexity index is 1450. The van der Waals surface area contributed by atoms with Crippen molar-refractivity contribution < 1.29 is 28.2 Å². The Labute approximate surface area is 208 Å². The van der Waals surface area contributed by atoms with Crippen molar-refractivity contribution >= 4 is 23.6 Å². The standard InChI is InChI=1S/C30H23O6/c1-18-26(30(32)36-22-10-6-3-7-11-22)27(20-8-4-2-5-9-20)28-25(35-18)16-21(29(28)31)14-19-12-13-23-24(15-19)34-17-33-23/h2-15,27-28H,16-17H2,1H3/q+1/b21-14-. The number of hydrogen-bond donors (Lipinski definition) is 0. The van der Waals surface area contributed by atoms with E-state index >= 15 is 0 Å². The van der Waals surface area contributed by atoms with E-state index in [2.05, 4.69) is 0 Å². The molecule has 1 aliphatic carbocycles. The van der Waals surface area contributed by atoms with Crippen LogP contribution in [0.1, 0.15) is 30.4 Å². The highest BCUT2D eigenvalue weighted by Crippen LogP contribution is 2.45. The Morgan fingerprint density at radius 3 is 2.44 bits per heavy atom. The maximum Gasteiger partial charge on any atom is 0.349 e. The summed E-state index contributed by atoms with van der Waals surface area (Å²) in [6.07, 6.45) is 2.23. The molecule has 1 fully saturated rings. The number of para-hydroxylation sites is 1. The molecular formula is C30H23O6+. The van der Waals surface area contributed by atoms with E-state index < -0.39 is 17.8 Å². The summed E-state index contributed by atoms with van der Waals surface area (Å²) >= 11 is 0. The van der Waals surface area contributed by atoms with E-state index in [1.165, 1.54) is 0 Å². The van der Waals surface area contributed by atoms with Crippen LogP contribution < -0.4 is 14.2 Å². The van der Waals surface area contributed by atoms with Gasteiger partial charge in [-0.2, -0.15) is 0 Å². The van der Waals surface area contributed by atoms with E-state index in [4.69, 9.17) is 18.6 Å². The first-order valence-corrected chi connectivity index (χ1v) is 11.8. The van der Waals surface area contributed by atoms with Crippen LogP contribution in [0, 0.1) is 5.92 Å². The van der Waals surface area contributed by atoms with E-state index in [1.54, 1.807) is 31.2 Å². The molecule has 6 rings (SSSR count). The lowest BCUT2D eigenvalue weighted by Crippen LogP contribution is -2.34. The second-order valence-corrected chi connectivity index (χ2v) is 8.93. The second kappa shape index (κ2) is 8.96. The fourth-order valence-electron chi connectivity index (χ4n) is 5.07. The quantitative estimate of drug-likeness (QED) is 0.170. The minimum atomic E-state index is -0.616. The number of esters is 1. The fraction of sp³-hybridized carbons (Fsp3) is 0.167. The van der Waals surface area contributed by atoms with Crippen molar-refractivity contribution in [1.29, 1.82) is 0 Å². The third-order valence-electron chi connectivity index (χ3n) is 6.69. The predicted molar refractivity (Wildman–Crippen MR) is 133 cm³/mol. The largest absolute Gasteiger partial charge is 0.454 e. The van der Waals surface area contributed by atoms with Gasteiger partial charge in [0.1, 0.15) is 17.2 Å². The molecule has 1 saturated carbocycles. The molecule has 0 aromatic heterocycles. The second-order valence-electron chi connectivity index (χ2n) is 8.93. The van der Waals surface area contributed by atoms with E-state index in [0.29, 0.717) is 46.4 Å². The Hall–Kier alpha value is -4.45. The molecular weight excluding hydrogens is 456 g/mol. The fourth-order valence-corrected chi connectivity index (χ4v) is 5.07. The molecule has 0 spiro atoms. The van der Waals surface area contributed by atoms with Crippen molar-refractivity contribution in [1.82, 2.24) is 0 Å². The molecule has 2 heterocycles. The Morgan fingerprint density at radius 2 is 1.67 bits per heavy atom. The normalized spacial score (nSPS) is 21.4. The number of benzene rings is 3. The monoisotopic (exact) mass is 479 g/mol. The molecule has 3 aliphatic rings. The first kappa shape index (κ1) is 22.0.